The first kappa shape index (κ1) is 16.2. The third-order valence-electron chi connectivity index (χ3n) is 5.91. The number of fused-ring (bicyclic) bond motifs is 2. The lowest BCUT2D eigenvalue weighted by molar-refractivity contribution is 0.0954. The molecule has 2 bridgehead atoms. The lowest BCUT2D eigenvalue weighted by Gasteiger charge is -2.36. The Hall–Kier alpha value is -0.680. The summed E-state index contributed by atoms with van der Waals surface area (Å²) in [4.78, 5) is 12.2. The highest BCUT2D eigenvalue weighted by atomic mass is 79.9. The molecule has 0 radical (unpaired) electrons. The zero-order valence-corrected chi connectivity index (χ0v) is 16.0. The molecule has 2 saturated carbocycles. The number of nitrogens with one attached hydrogen (secondary N) is 1. The maximum atomic E-state index is 12.2. The Bertz CT molecular complexity index is 628. The predicted octanol–water partition coefficient (Wildman–Crippen LogP) is 4.76. The Kier molecular flexibility index (Phi) is 4.23. The predicted molar refractivity (Wildman–Crippen MR) is 96.4 cm³/mol. The molecule has 3 atom stereocenters. The second kappa shape index (κ2) is 5.75. The molecule has 0 aromatic heterocycles. The summed E-state index contributed by atoms with van der Waals surface area (Å²) in [6, 6.07) is 7.32. The van der Waals surface area contributed by atoms with Crippen LogP contribution in [-0.4, -0.2) is 16.9 Å². The van der Waals surface area contributed by atoms with Crippen molar-refractivity contribution in [2.75, 3.05) is 5.33 Å². The van der Waals surface area contributed by atoms with Crippen molar-refractivity contribution in [3.8, 4) is 0 Å². The molecule has 1 amide bonds. The number of hydrazone groups is 1. The summed E-state index contributed by atoms with van der Waals surface area (Å²) in [6.07, 6.45) is 3.42. The molecule has 0 unspecified atom stereocenters. The largest absolute Gasteiger partial charge is 0.271 e. The highest BCUT2D eigenvalue weighted by Gasteiger charge is 2.61. The van der Waals surface area contributed by atoms with Gasteiger partial charge in [-0.25, -0.2) is 5.43 Å². The van der Waals surface area contributed by atoms with Gasteiger partial charge in [0.2, 0.25) is 0 Å². The van der Waals surface area contributed by atoms with Crippen molar-refractivity contribution in [1.29, 1.82) is 0 Å². The minimum Gasteiger partial charge on any atom is -0.267 e. The van der Waals surface area contributed by atoms with Gasteiger partial charge >= 0.3 is 0 Å². The third kappa shape index (κ3) is 2.37. The lowest BCUT2D eigenvalue weighted by atomic mass is 9.70. The summed E-state index contributed by atoms with van der Waals surface area (Å²) in [7, 11) is 0. The molecule has 1 N–H and O–H groups in total. The van der Waals surface area contributed by atoms with Crippen molar-refractivity contribution >= 4 is 43.5 Å². The number of amides is 1. The zero-order chi connectivity index (χ0) is 16.0. The van der Waals surface area contributed by atoms with E-state index in [0.29, 0.717) is 11.5 Å². The van der Waals surface area contributed by atoms with Crippen LogP contribution in [0.15, 0.2) is 33.8 Å². The van der Waals surface area contributed by atoms with Crippen LogP contribution < -0.4 is 5.43 Å². The second-order valence-corrected chi connectivity index (χ2v) is 8.31. The van der Waals surface area contributed by atoms with Gasteiger partial charge in [0.25, 0.3) is 5.91 Å². The van der Waals surface area contributed by atoms with Crippen molar-refractivity contribution in [2.45, 2.75) is 33.1 Å². The summed E-state index contributed by atoms with van der Waals surface area (Å²) in [5, 5.41) is 5.49. The van der Waals surface area contributed by atoms with E-state index >= 15 is 0 Å². The van der Waals surface area contributed by atoms with Crippen LogP contribution in [-0.2, 0) is 0 Å². The van der Waals surface area contributed by atoms with E-state index in [1.807, 2.05) is 12.1 Å². The number of hydrogen-bond acceptors (Lipinski definition) is 2. The van der Waals surface area contributed by atoms with Crippen LogP contribution in [0.1, 0.15) is 43.5 Å². The van der Waals surface area contributed by atoms with E-state index in [-0.39, 0.29) is 16.7 Å². The van der Waals surface area contributed by atoms with E-state index in [0.717, 1.165) is 28.4 Å². The molecule has 0 heterocycles. The zero-order valence-electron chi connectivity index (χ0n) is 12.8. The fourth-order valence-electron chi connectivity index (χ4n) is 3.99. The van der Waals surface area contributed by atoms with Crippen LogP contribution in [0.4, 0.5) is 0 Å². The number of rotatable bonds is 3. The Balaban J connectivity index is 1.77. The maximum absolute atomic E-state index is 12.2. The van der Waals surface area contributed by atoms with Gasteiger partial charge in [-0.05, 0) is 54.9 Å². The number of hydrogen-bond donors (Lipinski definition) is 1. The van der Waals surface area contributed by atoms with Crippen molar-refractivity contribution in [2.24, 2.45) is 21.8 Å². The van der Waals surface area contributed by atoms with E-state index in [1.54, 1.807) is 12.1 Å². The average molecular weight is 428 g/mol. The maximum Gasteiger partial charge on any atom is 0.271 e. The first-order valence-corrected chi connectivity index (χ1v) is 9.51. The van der Waals surface area contributed by atoms with E-state index in [9.17, 15) is 4.79 Å². The highest BCUT2D eigenvalue weighted by Crippen LogP contribution is 2.64. The molecule has 3 rings (SSSR count). The molecule has 1 aromatic carbocycles. The fourth-order valence-corrected chi connectivity index (χ4v) is 5.33. The smallest absolute Gasteiger partial charge is 0.267 e. The van der Waals surface area contributed by atoms with Crippen LogP contribution in [0.25, 0.3) is 0 Å². The number of carbonyl (C=O) groups excluding carboxylic acids is 1. The number of carbonyl (C=O) groups is 1. The molecule has 2 fully saturated rings. The van der Waals surface area contributed by atoms with E-state index in [2.05, 4.69) is 56.2 Å². The number of halogens is 2. The minimum absolute atomic E-state index is 0.0914. The molecule has 0 aliphatic heterocycles. The minimum atomic E-state index is -0.146. The Morgan fingerprint density at radius 3 is 2.64 bits per heavy atom. The first-order chi connectivity index (χ1) is 10.4. The molecule has 2 aliphatic carbocycles. The SMILES string of the molecule is C[C@]1(CBr)[C@H]2CC[C@]1(C)/C(=N\NC(=O)c1ccc(Br)cc1)C2. The van der Waals surface area contributed by atoms with Gasteiger partial charge in [0.1, 0.15) is 0 Å². The average Bonchev–Trinajstić information content (AvgIpc) is 2.89. The Morgan fingerprint density at radius 2 is 2.05 bits per heavy atom. The Labute approximate surface area is 148 Å². The molecule has 22 heavy (non-hydrogen) atoms. The van der Waals surface area contributed by atoms with Crippen molar-refractivity contribution in [3.63, 3.8) is 0 Å². The van der Waals surface area contributed by atoms with Gasteiger partial charge in [-0.1, -0.05) is 45.7 Å². The lowest BCUT2D eigenvalue weighted by Crippen LogP contribution is -2.37. The van der Waals surface area contributed by atoms with E-state index < -0.39 is 0 Å². The van der Waals surface area contributed by atoms with Crippen LogP contribution in [0.5, 0.6) is 0 Å². The summed E-state index contributed by atoms with van der Waals surface area (Å²) >= 11 is 7.07. The van der Waals surface area contributed by atoms with Crippen molar-refractivity contribution < 1.29 is 4.79 Å². The molecule has 5 heteroatoms. The molecule has 0 spiro atoms. The van der Waals surface area contributed by atoms with Crippen LogP contribution in [0.3, 0.4) is 0 Å². The topological polar surface area (TPSA) is 41.5 Å². The Morgan fingerprint density at radius 1 is 1.36 bits per heavy atom. The summed E-state index contributed by atoms with van der Waals surface area (Å²) in [5.41, 5.74) is 4.86. The van der Waals surface area contributed by atoms with Crippen LogP contribution in [0, 0.1) is 16.7 Å². The van der Waals surface area contributed by atoms with Gasteiger partial charge in [0.15, 0.2) is 0 Å². The number of nitrogens with zero attached hydrogens (tertiary/aromatic N) is 1. The van der Waals surface area contributed by atoms with Crippen LogP contribution in [0.2, 0.25) is 0 Å². The van der Waals surface area contributed by atoms with Gasteiger partial charge in [0.05, 0.1) is 0 Å². The normalized spacial score (nSPS) is 35.1. The van der Waals surface area contributed by atoms with Gasteiger partial charge in [-0.3, -0.25) is 4.79 Å². The fraction of sp³-hybridized carbons (Fsp3) is 0.529. The summed E-state index contributed by atoms with van der Waals surface area (Å²) in [6.45, 7) is 4.64. The second-order valence-electron chi connectivity index (χ2n) is 6.83. The van der Waals surface area contributed by atoms with E-state index in [1.165, 1.54) is 6.42 Å². The monoisotopic (exact) mass is 426 g/mol. The van der Waals surface area contributed by atoms with Gasteiger partial charge < -0.3 is 0 Å². The van der Waals surface area contributed by atoms with Gasteiger partial charge in [-0.15, -0.1) is 0 Å². The summed E-state index contributed by atoms with van der Waals surface area (Å²) < 4.78 is 0.962. The highest BCUT2D eigenvalue weighted by molar-refractivity contribution is 9.10. The van der Waals surface area contributed by atoms with E-state index in [4.69, 9.17) is 0 Å². The molecule has 1 aromatic rings. The van der Waals surface area contributed by atoms with Crippen molar-refractivity contribution in [1.82, 2.24) is 5.43 Å². The molecular weight excluding hydrogens is 408 g/mol. The first-order valence-electron chi connectivity index (χ1n) is 7.59. The number of alkyl halides is 1. The molecule has 0 saturated heterocycles. The standard InChI is InChI=1S/C17H20Br2N2O/c1-16-8-7-12(17(16,2)10-18)9-14(16)20-21-15(22)11-3-5-13(19)6-4-11/h3-6,12H,7-10H2,1-2H3,(H,21,22)/b20-14-/t12-,16+,17-/m0/s1. The van der Waals surface area contributed by atoms with Gasteiger partial charge in [0, 0.05) is 26.5 Å². The molecule has 118 valence electrons. The van der Waals surface area contributed by atoms with Crippen molar-refractivity contribution in [3.05, 3.63) is 34.3 Å². The van der Waals surface area contributed by atoms with Crippen LogP contribution >= 0.6 is 31.9 Å². The summed E-state index contributed by atoms with van der Waals surface area (Å²) in [5.74, 6) is 0.520. The molecular formula is C17H20Br2N2O. The quantitative estimate of drug-likeness (QED) is 0.548. The third-order valence-corrected chi connectivity index (χ3v) is 7.60. The molecule has 2 aliphatic rings. The van der Waals surface area contributed by atoms with Gasteiger partial charge in [-0.2, -0.15) is 5.10 Å². The number of benzene rings is 1. The molecule has 3 nitrogen and oxygen atoms in total.